The Morgan fingerprint density at radius 3 is 2.71 bits per heavy atom. The molecular weight excluding hydrogens is 246 g/mol. The Labute approximate surface area is 91.5 Å². The lowest BCUT2D eigenvalue weighted by Crippen LogP contribution is -2.25. The third-order valence-corrected chi connectivity index (χ3v) is 2.52. The topological polar surface area (TPSA) is 40.5 Å². The Bertz CT molecular complexity index is 352. The van der Waals surface area contributed by atoms with Crippen LogP contribution < -0.4 is 4.90 Å². The third-order valence-electron chi connectivity index (χ3n) is 1.89. The molecule has 76 valence electrons. The van der Waals surface area contributed by atoms with Crippen molar-refractivity contribution in [2.45, 2.75) is 6.92 Å². The SMILES string of the molecule is Cc1ccc(N(C)CC(=O)O)c(Br)c1. The number of carbonyl (C=O) groups is 1. The van der Waals surface area contributed by atoms with Crippen LogP contribution in [0.1, 0.15) is 5.56 Å². The zero-order chi connectivity index (χ0) is 10.7. The first-order chi connectivity index (χ1) is 6.50. The molecule has 14 heavy (non-hydrogen) atoms. The van der Waals surface area contributed by atoms with Crippen LogP contribution >= 0.6 is 15.9 Å². The summed E-state index contributed by atoms with van der Waals surface area (Å²) in [6.07, 6.45) is 0. The summed E-state index contributed by atoms with van der Waals surface area (Å²) in [4.78, 5) is 12.2. The maximum atomic E-state index is 10.5. The predicted molar refractivity (Wildman–Crippen MR) is 59.8 cm³/mol. The Morgan fingerprint density at radius 2 is 2.21 bits per heavy atom. The Hall–Kier alpha value is -1.03. The second-order valence-electron chi connectivity index (χ2n) is 3.20. The van der Waals surface area contributed by atoms with Gasteiger partial charge in [0.25, 0.3) is 0 Å². The van der Waals surface area contributed by atoms with Crippen LogP contribution in [0.2, 0.25) is 0 Å². The molecule has 0 fully saturated rings. The van der Waals surface area contributed by atoms with Gasteiger partial charge in [-0.1, -0.05) is 6.07 Å². The van der Waals surface area contributed by atoms with E-state index in [2.05, 4.69) is 15.9 Å². The highest BCUT2D eigenvalue weighted by Crippen LogP contribution is 2.25. The molecule has 0 saturated carbocycles. The summed E-state index contributed by atoms with van der Waals surface area (Å²) < 4.78 is 0.918. The fraction of sp³-hybridized carbons (Fsp3) is 0.300. The first-order valence-electron chi connectivity index (χ1n) is 4.20. The number of hydrogen-bond acceptors (Lipinski definition) is 2. The van der Waals surface area contributed by atoms with Crippen molar-refractivity contribution >= 4 is 27.6 Å². The minimum atomic E-state index is -0.833. The van der Waals surface area contributed by atoms with Gasteiger partial charge in [-0.15, -0.1) is 0 Å². The van der Waals surface area contributed by atoms with E-state index in [-0.39, 0.29) is 6.54 Å². The van der Waals surface area contributed by atoms with Gasteiger partial charge in [0, 0.05) is 11.5 Å². The van der Waals surface area contributed by atoms with Crippen molar-refractivity contribution in [1.29, 1.82) is 0 Å². The Kier molecular flexibility index (Phi) is 3.52. The van der Waals surface area contributed by atoms with E-state index in [9.17, 15) is 4.79 Å². The summed E-state index contributed by atoms with van der Waals surface area (Å²) in [7, 11) is 1.75. The first-order valence-corrected chi connectivity index (χ1v) is 4.99. The number of anilines is 1. The smallest absolute Gasteiger partial charge is 0.323 e. The van der Waals surface area contributed by atoms with E-state index in [0.717, 1.165) is 15.7 Å². The molecule has 0 bridgehead atoms. The van der Waals surface area contributed by atoms with Gasteiger partial charge in [0.15, 0.2) is 0 Å². The van der Waals surface area contributed by atoms with E-state index >= 15 is 0 Å². The molecule has 1 N–H and O–H groups in total. The maximum Gasteiger partial charge on any atom is 0.323 e. The molecule has 0 aliphatic heterocycles. The third kappa shape index (κ3) is 2.73. The zero-order valence-corrected chi connectivity index (χ0v) is 9.71. The highest BCUT2D eigenvalue weighted by atomic mass is 79.9. The lowest BCUT2D eigenvalue weighted by atomic mass is 10.2. The molecule has 0 aliphatic rings. The van der Waals surface area contributed by atoms with E-state index in [4.69, 9.17) is 5.11 Å². The van der Waals surface area contributed by atoms with Crippen LogP contribution in [0, 0.1) is 6.92 Å². The van der Waals surface area contributed by atoms with Crippen LogP contribution in [0.15, 0.2) is 22.7 Å². The van der Waals surface area contributed by atoms with Crippen molar-refractivity contribution in [3.05, 3.63) is 28.2 Å². The van der Waals surface area contributed by atoms with E-state index in [1.165, 1.54) is 0 Å². The molecule has 0 atom stereocenters. The molecule has 0 radical (unpaired) electrons. The number of rotatable bonds is 3. The highest BCUT2D eigenvalue weighted by Gasteiger charge is 2.08. The van der Waals surface area contributed by atoms with Crippen LogP contribution in [0.5, 0.6) is 0 Å². The standard InChI is InChI=1S/C10H12BrNO2/c1-7-3-4-9(8(11)5-7)12(2)6-10(13)14/h3-5H,6H2,1-2H3,(H,13,14). The maximum absolute atomic E-state index is 10.5. The van der Waals surface area contributed by atoms with Crippen molar-refractivity contribution in [2.75, 3.05) is 18.5 Å². The van der Waals surface area contributed by atoms with Crippen LogP contribution in [0.25, 0.3) is 0 Å². The number of nitrogens with zero attached hydrogens (tertiary/aromatic N) is 1. The molecular formula is C10H12BrNO2. The fourth-order valence-electron chi connectivity index (χ4n) is 1.21. The number of aryl methyl sites for hydroxylation is 1. The Morgan fingerprint density at radius 1 is 1.57 bits per heavy atom. The van der Waals surface area contributed by atoms with E-state index in [1.54, 1.807) is 11.9 Å². The molecule has 0 spiro atoms. The van der Waals surface area contributed by atoms with Gasteiger partial charge in [0.1, 0.15) is 6.54 Å². The summed E-state index contributed by atoms with van der Waals surface area (Å²) >= 11 is 3.40. The number of carboxylic acid groups (broad SMARTS) is 1. The number of likely N-dealkylation sites (N-methyl/N-ethyl adjacent to an activating group) is 1. The number of benzene rings is 1. The minimum absolute atomic E-state index is 0.00165. The van der Waals surface area contributed by atoms with E-state index in [1.807, 2.05) is 25.1 Å². The summed E-state index contributed by atoms with van der Waals surface area (Å²) in [5.74, 6) is -0.833. The second kappa shape index (κ2) is 4.46. The summed E-state index contributed by atoms with van der Waals surface area (Å²) in [6.45, 7) is 1.99. The first kappa shape index (κ1) is 11.0. The molecule has 0 aromatic heterocycles. The molecule has 3 nitrogen and oxygen atoms in total. The van der Waals surface area contributed by atoms with Gasteiger partial charge in [0.05, 0.1) is 5.69 Å². The molecule has 0 saturated heterocycles. The van der Waals surface area contributed by atoms with Crippen LogP contribution in [0.4, 0.5) is 5.69 Å². The van der Waals surface area contributed by atoms with Gasteiger partial charge >= 0.3 is 5.97 Å². The van der Waals surface area contributed by atoms with Crippen molar-refractivity contribution in [3.63, 3.8) is 0 Å². The molecule has 0 amide bonds. The molecule has 0 heterocycles. The minimum Gasteiger partial charge on any atom is -0.480 e. The summed E-state index contributed by atoms with van der Waals surface area (Å²) in [5, 5.41) is 8.63. The predicted octanol–water partition coefficient (Wildman–Crippen LogP) is 2.28. The average molecular weight is 258 g/mol. The van der Waals surface area contributed by atoms with Gasteiger partial charge in [-0.25, -0.2) is 0 Å². The fourth-order valence-corrected chi connectivity index (χ4v) is 2.01. The van der Waals surface area contributed by atoms with Gasteiger partial charge in [-0.2, -0.15) is 0 Å². The molecule has 1 aromatic rings. The largest absolute Gasteiger partial charge is 0.480 e. The van der Waals surface area contributed by atoms with Crippen molar-refractivity contribution < 1.29 is 9.90 Å². The van der Waals surface area contributed by atoms with Crippen molar-refractivity contribution in [2.24, 2.45) is 0 Å². The molecule has 0 aliphatic carbocycles. The monoisotopic (exact) mass is 257 g/mol. The molecule has 4 heteroatoms. The lowest BCUT2D eigenvalue weighted by Gasteiger charge is -2.18. The van der Waals surface area contributed by atoms with Crippen molar-refractivity contribution in [1.82, 2.24) is 0 Å². The van der Waals surface area contributed by atoms with Crippen LogP contribution in [0.3, 0.4) is 0 Å². The zero-order valence-electron chi connectivity index (χ0n) is 8.12. The van der Waals surface area contributed by atoms with E-state index < -0.39 is 5.97 Å². The van der Waals surface area contributed by atoms with Gasteiger partial charge in [-0.3, -0.25) is 4.79 Å². The molecule has 1 aromatic carbocycles. The van der Waals surface area contributed by atoms with E-state index in [0.29, 0.717) is 0 Å². The van der Waals surface area contributed by atoms with Crippen molar-refractivity contribution in [3.8, 4) is 0 Å². The average Bonchev–Trinajstić information content (AvgIpc) is 2.01. The summed E-state index contributed by atoms with van der Waals surface area (Å²) in [5.41, 5.74) is 2.03. The number of hydrogen-bond donors (Lipinski definition) is 1. The van der Waals surface area contributed by atoms with Gasteiger partial charge in [-0.05, 0) is 40.5 Å². The normalized spacial score (nSPS) is 9.93. The Balaban J connectivity index is 2.90. The van der Waals surface area contributed by atoms with Crippen LogP contribution in [-0.2, 0) is 4.79 Å². The van der Waals surface area contributed by atoms with Crippen LogP contribution in [-0.4, -0.2) is 24.7 Å². The summed E-state index contributed by atoms with van der Waals surface area (Å²) in [6, 6.07) is 5.83. The molecule has 0 unspecified atom stereocenters. The number of carboxylic acids is 1. The van der Waals surface area contributed by atoms with Gasteiger partial charge in [0.2, 0.25) is 0 Å². The lowest BCUT2D eigenvalue weighted by molar-refractivity contribution is -0.135. The highest BCUT2D eigenvalue weighted by molar-refractivity contribution is 9.10. The van der Waals surface area contributed by atoms with Gasteiger partial charge < -0.3 is 10.0 Å². The molecule has 1 rings (SSSR count). The number of aliphatic carboxylic acids is 1. The number of halogens is 1. The second-order valence-corrected chi connectivity index (χ2v) is 4.06. The quantitative estimate of drug-likeness (QED) is 0.904.